The van der Waals surface area contributed by atoms with Crippen LogP contribution in [0.5, 0.6) is 0 Å². The Balaban J connectivity index is 2.06. The summed E-state index contributed by atoms with van der Waals surface area (Å²) in [6.07, 6.45) is 0. The average molecular weight is 357 g/mol. The summed E-state index contributed by atoms with van der Waals surface area (Å²) in [5.41, 5.74) is 1.06. The lowest BCUT2D eigenvalue weighted by molar-refractivity contribution is 0.275. The minimum absolute atomic E-state index is 0.0892. The fraction of sp³-hybridized carbons (Fsp3) is 0.562. The van der Waals surface area contributed by atoms with Crippen molar-refractivity contribution in [2.24, 2.45) is 4.99 Å². The molecule has 6 nitrogen and oxygen atoms in total. The van der Waals surface area contributed by atoms with Crippen LogP contribution in [0.2, 0.25) is 0 Å². The summed E-state index contributed by atoms with van der Waals surface area (Å²) >= 11 is 0. The zero-order valence-electron chi connectivity index (χ0n) is 14.2. The second-order valence-electron chi connectivity index (χ2n) is 6.48. The summed E-state index contributed by atoms with van der Waals surface area (Å²) in [7, 11) is -1.47. The van der Waals surface area contributed by atoms with Gasteiger partial charge in [0.25, 0.3) is 0 Å². The van der Waals surface area contributed by atoms with E-state index in [1.54, 1.807) is 33.0 Å². The number of aliphatic imine (C=N–C) groups is 1. The summed E-state index contributed by atoms with van der Waals surface area (Å²) in [4.78, 5) is 6.13. The molecule has 0 bridgehead atoms. The molecule has 0 aromatic heterocycles. The standard InChI is InChI=1S/C16H24FN3O3S/c1-16(2)11-20(6-7-24(16,22)23)15(18-3)19-9-12-4-5-14(17)13(8-12)10-21/h4-5,8,21H,6-7,9-11H2,1-3H3,(H,18,19). The van der Waals surface area contributed by atoms with Crippen LogP contribution in [0, 0.1) is 5.82 Å². The maximum Gasteiger partial charge on any atom is 0.193 e. The highest BCUT2D eigenvalue weighted by Crippen LogP contribution is 2.23. The fourth-order valence-corrected chi connectivity index (χ4v) is 4.06. The van der Waals surface area contributed by atoms with Crippen molar-refractivity contribution in [3.63, 3.8) is 0 Å². The maximum atomic E-state index is 13.4. The Kier molecular flexibility index (Phi) is 5.49. The molecule has 2 rings (SSSR count). The average Bonchev–Trinajstić information content (AvgIpc) is 2.52. The van der Waals surface area contributed by atoms with E-state index in [9.17, 15) is 12.8 Å². The van der Waals surface area contributed by atoms with E-state index in [1.807, 2.05) is 4.90 Å². The molecule has 0 unspecified atom stereocenters. The van der Waals surface area contributed by atoms with E-state index in [-0.39, 0.29) is 17.9 Å². The molecule has 0 atom stereocenters. The van der Waals surface area contributed by atoms with Gasteiger partial charge in [0.15, 0.2) is 15.8 Å². The van der Waals surface area contributed by atoms with Gasteiger partial charge >= 0.3 is 0 Å². The number of hydrogen-bond donors (Lipinski definition) is 2. The van der Waals surface area contributed by atoms with Gasteiger partial charge in [-0.15, -0.1) is 0 Å². The third-order valence-corrected chi connectivity index (χ3v) is 6.82. The predicted molar refractivity (Wildman–Crippen MR) is 92.0 cm³/mol. The molecule has 1 saturated heterocycles. The molecule has 1 aromatic rings. The number of guanidine groups is 1. The summed E-state index contributed by atoms with van der Waals surface area (Å²) in [6, 6.07) is 4.56. The monoisotopic (exact) mass is 357 g/mol. The topological polar surface area (TPSA) is 82.0 Å². The van der Waals surface area contributed by atoms with E-state index < -0.39 is 20.4 Å². The number of benzene rings is 1. The Hall–Kier alpha value is -1.67. The number of rotatable bonds is 3. The first-order chi connectivity index (χ1) is 11.2. The van der Waals surface area contributed by atoms with Gasteiger partial charge in [-0.25, -0.2) is 12.8 Å². The molecular weight excluding hydrogens is 333 g/mol. The summed E-state index contributed by atoms with van der Waals surface area (Å²) in [5, 5.41) is 12.3. The number of aliphatic hydroxyl groups is 1. The largest absolute Gasteiger partial charge is 0.392 e. The first kappa shape index (κ1) is 18.7. The van der Waals surface area contributed by atoms with E-state index in [4.69, 9.17) is 5.11 Å². The Morgan fingerprint density at radius 2 is 2.17 bits per heavy atom. The second-order valence-corrected chi connectivity index (χ2v) is 9.23. The van der Waals surface area contributed by atoms with Gasteiger partial charge < -0.3 is 15.3 Å². The number of sulfone groups is 1. The highest BCUT2D eigenvalue weighted by Gasteiger charge is 2.40. The zero-order valence-corrected chi connectivity index (χ0v) is 15.0. The van der Waals surface area contributed by atoms with Gasteiger partial charge in [0, 0.05) is 32.2 Å². The molecule has 8 heteroatoms. The minimum atomic E-state index is -3.11. The molecule has 0 saturated carbocycles. The van der Waals surface area contributed by atoms with Gasteiger partial charge in [-0.3, -0.25) is 4.99 Å². The number of hydrogen-bond acceptors (Lipinski definition) is 4. The third kappa shape index (κ3) is 3.87. The molecule has 1 aliphatic rings. The Labute approximate surface area is 142 Å². The smallest absolute Gasteiger partial charge is 0.193 e. The van der Waals surface area contributed by atoms with Crippen molar-refractivity contribution in [3.8, 4) is 0 Å². The first-order valence-corrected chi connectivity index (χ1v) is 9.41. The van der Waals surface area contributed by atoms with Crippen LogP contribution in [0.3, 0.4) is 0 Å². The van der Waals surface area contributed by atoms with Crippen LogP contribution in [0.25, 0.3) is 0 Å². The summed E-state index contributed by atoms with van der Waals surface area (Å²) < 4.78 is 36.8. The van der Waals surface area contributed by atoms with Crippen molar-refractivity contribution in [1.82, 2.24) is 10.2 Å². The van der Waals surface area contributed by atoms with Crippen LogP contribution >= 0.6 is 0 Å². The Morgan fingerprint density at radius 1 is 1.46 bits per heavy atom. The molecule has 24 heavy (non-hydrogen) atoms. The molecule has 134 valence electrons. The molecule has 0 amide bonds. The SMILES string of the molecule is CN=C(NCc1ccc(F)c(CO)c1)N1CCS(=O)(=O)C(C)(C)C1. The first-order valence-electron chi connectivity index (χ1n) is 7.76. The quantitative estimate of drug-likeness (QED) is 0.621. The van der Waals surface area contributed by atoms with Crippen molar-refractivity contribution in [2.75, 3.05) is 25.9 Å². The van der Waals surface area contributed by atoms with E-state index >= 15 is 0 Å². The lowest BCUT2D eigenvalue weighted by atomic mass is 10.1. The van der Waals surface area contributed by atoms with Crippen molar-refractivity contribution < 1.29 is 17.9 Å². The highest BCUT2D eigenvalue weighted by molar-refractivity contribution is 7.92. The summed E-state index contributed by atoms with van der Waals surface area (Å²) in [5.74, 6) is 0.257. The predicted octanol–water partition coefficient (Wildman–Crippen LogP) is 0.902. The molecular formula is C16H24FN3O3S. The van der Waals surface area contributed by atoms with Crippen LogP contribution in [-0.2, 0) is 23.0 Å². The van der Waals surface area contributed by atoms with Crippen LogP contribution in [0.1, 0.15) is 25.0 Å². The summed E-state index contributed by atoms with van der Waals surface area (Å²) in [6.45, 7) is 4.23. The molecule has 1 aromatic carbocycles. The normalized spacial score (nSPS) is 20.0. The molecule has 0 aliphatic carbocycles. The van der Waals surface area contributed by atoms with Gasteiger partial charge in [-0.1, -0.05) is 6.07 Å². The zero-order chi connectivity index (χ0) is 18.0. The van der Waals surface area contributed by atoms with Crippen molar-refractivity contribution in [2.45, 2.75) is 31.7 Å². The Morgan fingerprint density at radius 3 is 2.75 bits per heavy atom. The van der Waals surface area contributed by atoms with Crippen molar-refractivity contribution in [1.29, 1.82) is 0 Å². The number of halogens is 1. The molecule has 1 aliphatic heterocycles. The van der Waals surface area contributed by atoms with E-state index in [0.717, 1.165) is 5.56 Å². The second kappa shape index (κ2) is 7.06. The molecule has 0 radical (unpaired) electrons. The maximum absolute atomic E-state index is 13.4. The van der Waals surface area contributed by atoms with Crippen LogP contribution in [-0.4, -0.2) is 55.0 Å². The van der Waals surface area contributed by atoms with Gasteiger partial charge in [-0.2, -0.15) is 0 Å². The van der Waals surface area contributed by atoms with Crippen molar-refractivity contribution >= 4 is 15.8 Å². The fourth-order valence-electron chi connectivity index (χ4n) is 2.70. The van der Waals surface area contributed by atoms with Gasteiger partial charge in [0.05, 0.1) is 17.1 Å². The lowest BCUT2D eigenvalue weighted by Crippen LogP contribution is -2.57. The molecule has 0 spiro atoms. The van der Waals surface area contributed by atoms with E-state index in [2.05, 4.69) is 10.3 Å². The number of nitrogens with one attached hydrogen (secondary N) is 1. The third-order valence-electron chi connectivity index (χ3n) is 4.29. The molecule has 2 N–H and O–H groups in total. The van der Waals surface area contributed by atoms with Gasteiger partial charge in [0.1, 0.15) is 5.82 Å². The van der Waals surface area contributed by atoms with E-state index in [1.165, 1.54) is 6.07 Å². The molecule has 1 heterocycles. The lowest BCUT2D eigenvalue weighted by Gasteiger charge is -2.39. The van der Waals surface area contributed by atoms with Crippen LogP contribution < -0.4 is 5.32 Å². The van der Waals surface area contributed by atoms with E-state index in [0.29, 0.717) is 25.6 Å². The van der Waals surface area contributed by atoms with Crippen LogP contribution in [0.15, 0.2) is 23.2 Å². The minimum Gasteiger partial charge on any atom is -0.392 e. The Bertz CT molecular complexity index is 732. The highest BCUT2D eigenvalue weighted by atomic mass is 32.2. The molecule has 1 fully saturated rings. The number of nitrogens with zero attached hydrogens (tertiary/aromatic N) is 2. The van der Waals surface area contributed by atoms with Crippen LogP contribution in [0.4, 0.5) is 4.39 Å². The van der Waals surface area contributed by atoms with Gasteiger partial charge in [0.2, 0.25) is 0 Å². The van der Waals surface area contributed by atoms with Gasteiger partial charge in [-0.05, 0) is 31.5 Å². The van der Waals surface area contributed by atoms with Crippen molar-refractivity contribution in [3.05, 3.63) is 35.1 Å². The number of aliphatic hydroxyl groups excluding tert-OH is 1.